The summed E-state index contributed by atoms with van der Waals surface area (Å²) in [5.41, 5.74) is 7.90. The highest BCUT2D eigenvalue weighted by Crippen LogP contribution is 2.32. The van der Waals surface area contributed by atoms with Crippen molar-refractivity contribution in [1.29, 1.82) is 0 Å². The Bertz CT molecular complexity index is 1090. The lowest BCUT2D eigenvalue weighted by molar-refractivity contribution is 0.0955. The summed E-state index contributed by atoms with van der Waals surface area (Å²) in [7, 11) is 1.60. The molecule has 1 aliphatic rings. The Hall–Kier alpha value is -3.04. The van der Waals surface area contributed by atoms with Gasteiger partial charge in [0.15, 0.2) is 15.5 Å². The van der Waals surface area contributed by atoms with E-state index in [4.69, 9.17) is 32.2 Å². The van der Waals surface area contributed by atoms with Gasteiger partial charge in [0, 0.05) is 12.2 Å². The lowest BCUT2D eigenvalue weighted by Gasteiger charge is -2.08. The van der Waals surface area contributed by atoms with Crippen LogP contribution in [0.3, 0.4) is 0 Å². The number of hydrogen-bond acceptors (Lipinski definition) is 7. The van der Waals surface area contributed by atoms with E-state index < -0.39 is 0 Å². The average Bonchev–Trinajstić information content (AvgIpc) is 3.29. The van der Waals surface area contributed by atoms with E-state index in [9.17, 15) is 4.79 Å². The molecule has 1 aliphatic heterocycles. The van der Waals surface area contributed by atoms with Gasteiger partial charge in [-0.05, 0) is 54.2 Å². The fraction of sp³-hybridized carbons (Fsp3) is 0.158. The Kier molecular flexibility index (Phi) is 4.93. The first-order chi connectivity index (χ1) is 13.6. The zero-order valence-electron chi connectivity index (χ0n) is 14.9. The van der Waals surface area contributed by atoms with E-state index in [0.717, 1.165) is 17.0 Å². The summed E-state index contributed by atoms with van der Waals surface area (Å²) in [5, 5.41) is 2.87. The number of thiazole rings is 1. The van der Waals surface area contributed by atoms with Gasteiger partial charge in [-0.15, -0.1) is 0 Å². The number of carbonyl (C=O) groups excluding carboxylic acids is 1. The number of rotatable bonds is 5. The highest BCUT2D eigenvalue weighted by molar-refractivity contribution is 7.73. The molecule has 0 radical (unpaired) electrons. The standard InChI is InChI=1S/C19H17N3O4S2/c1-24-13-5-3-12(4-6-13)22-17(20)16(28-19(22)27)18(23)21-9-11-2-7-14-15(8-11)26-10-25-14/h2-8H,9-10,20H2,1H3,(H,21,23). The maximum Gasteiger partial charge on any atom is 0.265 e. The first-order valence-electron chi connectivity index (χ1n) is 8.39. The third-order valence-electron chi connectivity index (χ3n) is 4.27. The number of nitrogen functional groups attached to an aromatic ring is 1. The number of amides is 1. The van der Waals surface area contributed by atoms with Crippen molar-refractivity contribution in [3.8, 4) is 22.9 Å². The fourth-order valence-corrected chi connectivity index (χ4v) is 4.12. The van der Waals surface area contributed by atoms with Crippen LogP contribution in [0.25, 0.3) is 5.69 Å². The Balaban J connectivity index is 1.52. The van der Waals surface area contributed by atoms with Crippen molar-refractivity contribution < 1.29 is 19.0 Å². The summed E-state index contributed by atoms with van der Waals surface area (Å²) in [4.78, 5) is 13.0. The van der Waals surface area contributed by atoms with Crippen LogP contribution in [-0.2, 0) is 6.54 Å². The van der Waals surface area contributed by atoms with Crippen molar-refractivity contribution in [3.63, 3.8) is 0 Å². The van der Waals surface area contributed by atoms with Gasteiger partial charge in [-0.25, -0.2) is 0 Å². The molecule has 144 valence electrons. The number of benzene rings is 2. The van der Waals surface area contributed by atoms with Crippen LogP contribution in [0.4, 0.5) is 5.82 Å². The Morgan fingerprint density at radius 1 is 1.25 bits per heavy atom. The molecular formula is C19H17N3O4S2. The van der Waals surface area contributed by atoms with Crippen molar-refractivity contribution in [2.24, 2.45) is 0 Å². The molecule has 2 heterocycles. The second-order valence-electron chi connectivity index (χ2n) is 5.99. The molecule has 0 bridgehead atoms. The monoisotopic (exact) mass is 415 g/mol. The molecule has 3 aromatic rings. The highest BCUT2D eigenvalue weighted by atomic mass is 32.1. The van der Waals surface area contributed by atoms with Crippen molar-refractivity contribution >= 4 is 35.3 Å². The minimum atomic E-state index is -0.279. The lowest BCUT2D eigenvalue weighted by Crippen LogP contribution is -2.23. The third-order valence-corrected chi connectivity index (χ3v) is 5.66. The summed E-state index contributed by atoms with van der Waals surface area (Å²) in [6.45, 7) is 0.548. The van der Waals surface area contributed by atoms with E-state index in [0.29, 0.717) is 32.7 Å². The molecule has 2 aromatic carbocycles. The van der Waals surface area contributed by atoms with E-state index in [1.807, 2.05) is 42.5 Å². The van der Waals surface area contributed by atoms with Gasteiger partial charge >= 0.3 is 0 Å². The van der Waals surface area contributed by atoms with Gasteiger partial charge in [-0.2, -0.15) is 0 Å². The van der Waals surface area contributed by atoms with Crippen LogP contribution < -0.4 is 25.3 Å². The van der Waals surface area contributed by atoms with Gasteiger partial charge in [0.1, 0.15) is 16.4 Å². The number of anilines is 1. The van der Waals surface area contributed by atoms with Gasteiger partial charge in [-0.3, -0.25) is 9.36 Å². The summed E-state index contributed by atoms with van der Waals surface area (Å²) in [5.74, 6) is 2.13. The van der Waals surface area contributed by atoms with E-state index in [2.05, 4.69) is 5.32 Å². The van der Waals surface area contributed by atoms with E-state index in [1.165, 1.54) is 11.3 Å². The molecule has 0 spiro atoms. The van der Waals surface area contributed by atoms with E-state index in [1.54, 1.807) is 11.7 Å². The second kappa shape index (κ2) is 7.53. The van der Waals surface area contributed by atoms with Crippen LogP contribution in [-0.4, -0.2) is 24.4 Å². The van der Waals surface area contributed by atoms with Crippen LogP contribution in [0.1, 0.15) is 15.2 Å². The molecule has 3 N–H and O–H groups in total. The molecule has 0 aliphatic carbocycles. The molecule has 9 heteroatoms. The molecule has 0 atom stereocenters. The zero-order valence-corrected chi connectivity index (χ0v) is 16.6. The van der Waals surface area contributed by atoms with Crippen LogP contribution in [0, 0.1) is 3.95 Å². The van der Waals surface area contributed by atoms with Gasteiger partial charge in [0.25, 0.3) is 5.91 Å². The summed E-state index contributed by atoms with van der Waals surface area (Å²) < 4.78 is 18.0. The zero-order chi connectivity index (χ0) is 19.7. The number of nitrogens with zero attached hydrogens (tertiary/aromatic N) is 1. The van der Waals surface area contributed by atoms with Gasteiger partial charge in [0.05, 0.1) is 7.11 Å². The Morgan fingerprint density at radius 2 is 2.00 bits per heavy atom. The first-order valence-corrected chi connectivity index (χ1v) is 9.62. The SMILES string of the molecule is COc1ccc(-n2c(N)c(C(=O)NCc3ccc4c(c3)OCO4)sc2=S)cc1. The minimum absolute atomic E-state index is 0.212. The van der Waals surface area contributed by atoms with Gasteiger partial charge in [0.2, 0.25) is 6.79 Å². The van der Waals surface area contributed by atoms with Crippen molar-refractivity contribution in [1.82, 2.24) is 9.88 Å². The largest absolute Gasteiger partial charge is 0.497 e. The van der Waals surface area contributed by atoms with Gasteiger partial charge < -0.3 is 25.3 Å². The summed E-state index contributed by atoms with van der Waals surface area (Å²) >= 11 is 6.59. The Labute approximate surface area is 170 Å². The lowest BCUT2D eigenvalue weighted by atomic mass is 10.2. The predicted molar refractivity (Wildman–Crippen MR) is 109 cm³/mol. The molecule has 1 aromatic heterocycles. The molecule has 1 amide bonds. The number of fused-ring (bicyclic) bond motifs is 1. The smallest absolute Gasteiger partial charge is 0.265 e. The van der Waals surface area contributed by atoms with Gasteiger partial charge in [-0.1, -0.05) is 17.4 Å². The second-order valence-corrected chi connectivity index (χ2v) is 7.63. The summed E-state index contributed by atoms with van der Waals surface area (Å²) in [6, 6.07) is 12.8. The molecule has 0 saturated heterocycles. The molecule has 0 fully saturated rings. The molecular weight excluding hydrogens is 398 g/mol. The van der Waals surface area contributed by atoms with Crippen LogP contribution in [0.2, 0.25) is 0 Å². The number of methoxy groups -OCH3 is 1. The van der Waals surface area contributed by atoms with E-state index >= 15 is 0 Å². The maximum atomic E-state index is 12.7. The van der Waals surface area contributed by atoms with Crippen molar-refractivity contribution in [2.45, 2.75) is 6.54 Å². The van der Waals surface area contributed by atoms with Crippen molar-refractivity contribution in [2.75, 3.05) is 19.6 Å². The highest BCUT2D eigenvalue weighted by Gasteiger charge is 2.19. The molecule has 4 rings (SSSR count). The van der Waals surface area contributed by atoms with Crippen LogP contribution in [0.15, 0.2) is 42.5 Å². The number of hydrogen-bond donors (Lipinski definition) is 2. The normalized spacial score (nSPS) is 12.0. The molecule has 7 nitrogen and oxygen atoms in total. The number of ether oxygens (including phenoxy) is 3. The summed E-state index contributed by atoms with van der Waals surface area (Å²) in [6.07, 6.45) is 0. The quantitative estimate of drug-likeness (QED) is 0.620. The number of nitrogens with two attached hydrogens (primary N) is 1. The molecule has 0 saturated carbocycles. The maximum absolute atomic E-state index is 12.7. The van der Waals surface area contributed by atoms with Crippen LogP contribution >= 0.6 is 23.6 Å². The fourth-order valence-electron chi connectivity index (χ4n) is 2.84. The number of nitrogens with one attached hydrogen (secondary N) is 1. The first kappa shape index (κ1) is 18.3. The van der Waals surface area contributed by atoms with Crippen molar-refractivity contribution in [3.05, 3.63) is 56.9 Å². The van der Waals surface area contributed by atoms with Crippen LogP contribution in [0.5, 0.6) is 17.2 Å². The number of carbonyl (C=O) groups is 1. The van der Waals surface area contributed by atoms with E-state index in [-0.39, 0.29) is 12.7 Å². The Morgan fingerprint density at radius 3 is 2.75 bits per heavy atom. The topological polar surface area (TPSA) is 87.7 Å². The average molecular weight is 415 g/mol. The predicted octanol–water partition coefficient (Wildman–Crippen LogP) is 3.52. The minimum Gasteiger partial charge on any atom is -0.497 e. The number of aromatic nitrogens is 1. The molecule has 0 unspecified atom stereocenters. The molecule has 28 heavy (non-hydrogen) atoms. The third kappa shape index (κ3) is 3.41.